The second-order valence-electron chi connectivity index (χ2n) is 9.76. The van der Waals surface area contributed by atoms with Gasteiger partial charge in [0.05, 0.1) is 23.6 Å². The lowest BCUT2D eigenvalue weighted by atomic mass is 9.75. The zero-order valence-electron chi connectivity index (χ0n) is 19.8. The van der Waals surface area contributed by atoms with E-state index in [0.29, 0.717) is 12.6 Å². The van der Waals surface area contributed by atoms with Crippen LogP contribution in [0.4, 0.5) is 0 Å². The smallest absolute Gasteiger partial charge is 0.231 e. The number of carbonyl (C=O) groups excluding carboxylic acids is 1. The van der Waals surface area contributed by atoms with Crippen LogP contribution >= 0.6 is 0 Å². The number of nitrogens with zero attached hydrogens (tertiary/aromatic N) is 7. The number of carbonyl (C=O) groups is 1. The molecule has 5 heterocycles. The van der Waals surface area contributed by atoms with Crippen LogP contribution in [0.1, 0.15) is 56.0 Å². The Morgan fingerprint density at radius 3 is 2.76 bits per heavy atom. The monoisotopic (exact) mass is 447 g/mol. The van der Waals surface area contributed by atoms with E-state index in [2.05, 4.69) is 52.7 Å². The lowest BCUT2D eigenvalue weighted by molar-refractivity contribution is -0.136. The van der Waals surface area contributed by atoms with Gasteiger partial charge >= 0.3 is 0 Å². The molecule has 2 aliphatic rings. The molecular weight excluding hydrogens is 414 g/mol. The normalized spacial score (nSPS) is 23.5. The predicted octanol–water partition coefficient (Wildman–Crippen LogP) is 3.09. The van der Waals surface area contributed by atoms with Crippen LogP contribution in [0.25, 0.3) is 0 Å². The molecule has 5 rings (SSSR count). The van der Waals surface area contributed by atoms with Gasteiger partial charge in [-0.2, -0.15) is 5.10 Å². The first kappa shape index (κ1) is 21.8. The number of hydrogen-bond acceptors (Lipinski definition) is 5. The number of imidazole rings is 1. The molecule has 0 radical (unpaired) electrons. The van der Waals surface area contributed by atoms with E-state index in [1.165, 1.54) is 5.56 Å². The van der Waals surface area contributed by atoms with E-state index in [4.69, 9.17) is 4.98 Å². The Morgan fingerprint density at radius 2 is 2.06 bits per heavy atom. The Kier molecular flexibility index (Phi) is 5.78. The number of hydrogen-bond donors (Lipinski definition) is 0. The quantitative estimate of drug-likeness (QED) is 0.557. The van der Waals surface area contributed by atoms with Gasteiger partial charge in [-0.3, -0.25) is 19.4 Å². The van der Waals surface area contributed by atoms with Gasteiger partial charge in [0.25, 0.3) is 0 Å². The highest BCUT2D eigenvalue weighted by molar-refractivity contribution is 5.86. The summed E-state index contributed by atoms with van der Waals surface area (Å²) in [6.07, 6.45) is 12.6. The first-order valence-electron chi connectivity index (χ1n) is 11.9. The number of pyridine rings is 1. The van der Waals surface area contributed by atoms with Gasteiger partial charge in [0, 0.05) is 81.6 Å². The van der Waals surface area contributed by atoms with E-state index in [9.17, 15) is 4.79 Å². The zero-order valence-corrected chi connectivity index (χ0v) is 19.8. The Bertz CT molecular complexity index is 1100. The van der Waals surface area contributed by atoms with Crippen molar-refractivity contribution in [1.29, 1.82) is 0 Å². The molecule has 2 atom stereocenters. The molecule has 2 fully saturated rings. The largest absolute Gasteiger partial charge is 0.338 e. The van der Waals surface area contributed by atoms with Gasteiger partial charge in [0.1, 0.15) is 0 Å². The molecule has 1 spiro atoms. The van der Waals surface area contributed by atoms with E-state index in [1.54, 1.807) is 6.20 Å². The third-order valence-corrected chi connectivity index (χ3v) is 7.24. The topological polar surface area (TPSA) is 72.1 Å². The summed E-state index contributed by atoms with van der Waals surface area (Å²) >= 11 is 0. The summed E-state index contributed by atoms with van der Waals surface area (Å²) in [5.41, 5.74) is 2.87. The molecule has 3 aromatic heterocycles. The molecule has 0 aromatic carbocycles. The molecule has 0 bridgehead atoms. The van der Waals surface area contributed by atoms with E-state index in [0.717, 1.165) is 50.4 Å². The average molecular weight is 448 g/mol. The summed E-state index contributed by atoms with van der Waals surface area (Å²) < 4.78 is 4.10. The van der Waals surface area contributed by atoms with Crippen molar-refractivity contribution in [2.75, 3.05) is 19.6 Å². The Morgan fingerprint density at radius 1 is 1.18 bits per heavy atom. The summed E-state index contributed by atoms with van der Waals surface area (Å²) in [6.45, 7) is 11.1. The summed E-state index contributed by atoms with van der Waals surface area (Å²) in [7, 11) is 0. The van der Waals surface area contributed by atoms with Crippen molar-refractivity contribution in [2.24, 2.45) is 5.41 Å². The molecule has 174 valence electrons. The molecule has 0 unspecified atom stereocenters. The average Bonchev–Trinajstić information content (AvgIpc) is 3.59. The minimum absolute atomic E-state index is 0.0881. The van der Waals surface area contributed by atoms with Crippen LogP contribution in [0.3, 0.4) is 0 Å². The van der Waals surface area contributed by atoms with Gasteiger partial charge in [-0.1, -0.05) is 6.07 Å². The second-order valence-corrected chi connectivity index (χ2v) is 9.76. The maximum absolute atomic E-state index is 13.9. The highest BCUT2D eigenvalue weighted by Gasteiger charge is 2.57. The van der Waals surface area contributed by atoms with Crippen LogP contribution in [-0.4, -0.2) is 59.7 Å². The predicted molar refractivity (Wildman–Crippen MR) is 125 cm³/mol. The van der Waals surface area contributed by atoms with Gasteiger partial charge < -0.3 is 9.47 Å². The molecule has 2 aliphatic heterocycles. The molecule has 1 amide bonds. The van der Waals surface area contributed by atoms with E-state index in [1.807, 2.05) is 40.4 Å². The fourth-order valence-electron chi connectivity index (χ4n) is 5.43. The van der Waals surface area contributed by atoms with Crippen molar-refractivity contribution < 1.29 is 4.79 Å². The summed E-state index contributed by atoms with van der Waals surface area (Å²) in [6, 6.07) is 4.32. The SMILES string of the molecule is CCn1cc(CN2C[C@H](c3cn(C(C)C)cn3)[C@]3(CCN(Cc4cccnc4)C3=O)C2)cn1. The number of aromatic nitrogens is 5. The molecule has 0 aliphatic carbocycles. The van der Waals surface area contributed by atoms with E-state index >= 15 is 0 Å². The van der Waals surface area contributed by atoms with Gasteiger partial charge in [0.2, 0.25) is 5.91 Å². The van der Waals surface area contributed by atoms with Crippen molar-refractivity contribution in [2.45, 2.75) is 58.8 Å². The fourth-order valence-corrected chi connectivity index (χ4v) is 5.43. The van der Waals surface area contributed by atoms with E-state index in [-0.39, 0.29) is 11.8 Å². The Balaban J connectivity index is 1.42. The van der Waals surface area contributed by atoms with Crippen LogP contribution in [0.5, 0.6) is 0 Å². The van der Waals surface area contributed by atoms with E-state index < -0.39 is 5.41 Å². The van der Waals surface area contributed by atoms with Crippen LogP contribution in [-0.2, 0) is 24.4 Å². The first-order valence-corrected chi connectivity index (χ1v) is 11.9. The van der Waals surface area contributed by atoms with Crippen molar-refractivity contribution in [3.05, 3.63) is 66.3 Å². The van der Waals surface area contributed by atoms with Gasteiger partial charge in [-0.15, -0.1) is 0 Å². The molecule has 2 saturated heterocycles. The molecule has 8 heteroatoms. The molecule has 0 N–H and O–H groups in total. The highest BCUT2D eigenvalue weighted by atomic mass is 16.2. The number of amides is 1. The van der Waals surface area contributed by atoms with Crippen LogP contribution in [0, 0.1) is 5.41 Å². The third kappa shape index (κ3) is 4.08. The van der Waals surface area contributed by atoms with Gasteiger partial charge in [0.15, 0.2) is 0 Å². The van der Waals surface area contributed by atoms with Crippen molar-refractivity contribution in [3.63, 3.8) is 0 Å². The molecule has 3 aromatic rings. The zero-order chi connectivity index (χ0) is 23.0. The number of likely N-dealkylation sites (tertiary alicyclic amines) is 2. The number of aryl methyl sites for hydroxylation is 1. The van der Waals surface area contributed by atoms with Gasteiger partial charge in [-0.05, 0) is 38.8 Å². The van der Waals surface area contributed by atoms with Crippen molar-refractivity contribution in [3.8, 4) is 0 Å². The number of rotatable bonds is 7. The first-order chi connectivity index (χ1) is 16.0. The Labute approximate surface area is 195 Å². The summed E-state index contributed by atoms with van der Waals surface area (Å²) in [5, 5.41) is 4.43. The van der Waals surface area contributed by atoms with Crippen molar-refractivity contribution in [1.82, 2.24) is 34.1 Å². The third-order valence-electron chi connectivity index (χ3n) is 7.24. The fraction of sp³-hybridized carbons (Fsp3) is 0.520. The minimum Gasteiger partial charge on any atom is -0.338 e. The molecule has 33 heavy (non-hydrogen) atoms. The molecular formula is C25H33N7O. The van der Waals surface area contributed by atoms with Crippen LogP contribution in [0.15, 0.2) is 49.4 Å². The standard InChI is InChI=1S/C25H33N7O/c1-4-32-14-21(11-28-32)12-29-15-22(23-16-31(18-27-23)19(2)3)25(17-29)7-9-30(24(25)33)13-20-6-5-8-26-10-20/h5-6,8,10-11,14,16,18-19,22H,4,7,9,12-13,15,17H2,1-3H3/t22-,25+/m1/s1. The molecule has 8 nitrogen and oxygen atoms in total. The lowest BCUT2D eigenvalue weighted by Gasteiger charge is -2.28. The van der Waals surface area contributed by atoms with Crippen LogP contribution < -0.4 is 0 Å². The minimum atomic E-state index is -0.431. The summed E-state index contributed by atoms with van der Waals surface area (Å²) in [5.74, 6) is 0.340. The maximum atomic E-state index is 13.9. The second kappa shape index (κ2) is 8.74. The lowest BCUT2D eigenvalue weighted by Crippen LogP contribution is -2.39. The van der Waals surface area contributed by atoms with Crippen LogP contribution in [0.2, 0.25) is 0 Å². The van der Waals surface area contributed by atoms with Gasteiger partial charge in [-0.25, -0.2) is 4.98 Å². The highest BCUT2D eigenvalue weighted by Crippen LogP contribution is 2.50. The Hall–Kier alpha value is -3.00. The van der Waals surface area contributed by atoms with Crippen molar-refractivity contribution >= 4 is 5.91 Å². The summed E-state index contributed by atoms with van der Waals surface area (Å²) in [4.78, 5) is 27.4. The molecule has 0 saturated carbocycles. The maximum Gasteiger partial charge on any atom is 0.231 e.